The minimum absolute atomic E-state index is 0.243. The van der Waals surface area contributed by atoms with Crippen LogP contribution in [0.1, 0.15) is 57.7 Å². The van der Waals surface area contributed by atoms with Crippen molar-refractivity contribution >= 4 is 0 Å². The first-order chi connectivity index (χ1) is 9.78. The molecule has 4 heteroatoms. The van der Waals surface area contributed by atoms with Crippen LogP contribution in [0.3, 0.4) is 0 Å². The molecule has 3 rings (SSSR count). The highest BCUT2D eigenvalue weighted by molar-refractivity contribution is 4.92. The van der Waals surface area contributed by atoms with Crippen LogP contribution in [0.5, 0.6) is 0 Å². The highest BCUT2D eigenvalue weighted by Crippen LogP contribution is 2.43. The number of aliphatic hydroxyl groups excluding tert-OH is 1. The van der Waals surface area contributed by atoms with Crippen LogP contribution in [-0.4, -0.2) is 26.0 Å². The molecule has 1 aromatic heterocycles. The SMILES string of the molecule is CCn1ncnc1CC(O)C1CCC2CCCCC2C1. The number of fused-ring (bicyclic) bond motifs is 1. The van der Waals surface area contributed by atoms with Gasteiger partial charge in [0.15, 0.2) is 0 Å². The molecular formula is C16H27N3O. The predicted molar refractivity (Wildman–Crippen MR) is 78.2 cm³/mol. The van der Waals surface area contributed by atoms with Crippen molar-refractivity contribution in [2.24, 2.45) is 17.8 Å². The minimum Gasteiger partial charge on any atom is -0.392 e. The number of nitrogens with zero attached hydrogens (tertiary/aromatic N) is 3. The summed E-state index contributed by atoms with van der Waals surface area (Å²) in [5.41, 5.74) is 0. The molecule has 0 aliphatic heterocycles. The Hall–Kier alpha value is -0.900. The van der Waals surface area contributed by atoms with E-state index >= 15 is 0 Å². The first-order valence-corrected chi connectivity index (χ1v) is 8.32. The molecular weight excluding hydrogens is 250 g/mol. The molecule has 4 atom stereocenters. The van der Waals surface area contributed by atoms with E-state index in [9.17, 15) is 5.11 Å². The zero-order chi connectivity index (χ0) is 13.9. The molecule has 112 valence electrons. The molecule has 2 fully saturated rings. The van der Waals surface area contributed by atoms with Crippen molar-refractivity contribution in [3.63, 3.8) is 0 Å². The van der Waals surface area contributed by atoms with Crippen LogP contribution in [0, 0.1) is 17.8 Å². The zero-order valence-corrected chi connectivity index (χ0v) is 12.5. The molecule has 2 saturated carbocycles. The van der Waals surface area contributed by atoms with Crippen LogP contribution in [0.15, 0.2) is 6.33 Å². The Balaban J connectivity index is 1.58. The first kappa shape index (κ1) is 14.1. The lowest BCUT2D eigenvalue weighted by atomic mass is 9.66. The monoisotopic (exact) mass is 277 g/mol. The van der Waals surface area contributed by atoms with E-state index in [1.807, 2.05) is 4.68 Å². The van der Waals surface area contributed by atoms with E-state index in [-0.39, 0.29) is 6.10 Å². The summed E-state index contributed by atoms with van der Waals surface area (Å²) in [4.78, 5) is 4.30. The molecule has 0 aromatic carbocycles. The van der Waals surface area contributed by atoms with Crippen molar-refractivity contribution in [1.82, 2.24) is 14.8 Å². The summed E-state index contributed by atoms with van der Waals surface area (Å²) in [6.45, 7) is 2.90. The van der Waals surface area contributed by atoms with Crippen molar-refractivity contribution in [2.45, 2.75) is 70.9 Å². The Kier molecular flexibility index (Phi) is 4.39. The summed E-state index contributed by atoms with van der Waals surface area (Å²) in [6.07, 6.45) is 11.4. The lowest BCUT2D eigenvalue weighted by molar-refractivity contribution is 0.0345. The van der Waals surface area contributed by atoms with E-state index < -0.39 is 0 Å². The van der Waals surface area contributed by atoms with Gasteiger partial charge in [0.25, 0.3) is 0 Å². The average Bonchev–Trinajstić information content (AvgIpc) is 2.94. The molecule has 4 unspecified atom stereocenters. The molecule has 0 spiro atoms. The van der Waals surface area contributed by atoms with Crippen LogP contribution in [0.25, 0.3) is 0 Å². The Labute approximate surface area is 121 Å². The normalized spacial score (nSPS) is 31.8. The highest BCUT2D eigenvalue weighted by atomic mass is 16.3. The molecule has 4 nitrogen and oxygen atoms in total. The third-order valence-corrected chi connectivity index (χ3v) is 5.51. The van der Waals surface area contributed by atoms with Crippen molar-refractivity contribution in [1.29, 1.82) is 0 Å². The van der Waals surface area contributed by atoms with Crippen molar-refractivity contribution in [2.75, 3.05) is 0 Å². The molecule has 2 aliphatic carbocycles. The second-order valence-corrected chi connectivity index (χ2v) is 6.64. The van der Waals surface area contributed by atoms with E-state index in [4.69, 9.17) is 0 Å². The van der Waals surface area contributed by atoms with E-state index in [0.29, 0.717) is 12.3 Å². The summed E-state index contributed by atoms with van der Waals surface area (Å²) in [5, 5.41) is 14.8. The first-order valence-electron chi connectivity index (χ1n) is 8.32. The molecule has 20 heavy (non-hydrogen) atoms. The Morgan fingerprint density at radius 1 is 1.25 bits per heavy atom. The fraction of sp³-hybridized carbons (Fsp3) is 0.875. The largest absolute Gasteiger partial charge is 0.392 e. The summed E-state index contributed by atoms with van der Waals surface area (Å²) in [6, 6.07) is 0. The van der Waals surface area contributed by atoms with Gasteiger partial charge in [0.05, 0.1) is 6.10 Å². The van der Waals surface area contributed by atoms with Crippen LogP contribution < -0.4 is 0 Å². The van der Waals surface area contributed by atoms with E-state index in [1.54, 1.807) is 6.33 Å². The maximum Gasteiger partial charge on any atom is 0.138 e. The van der Waals surface area contributed by atoms with Gasteiger partial charge in [-0.1, -0.05) is 25.7 Å². The summed E-state index contributed by atoms with van der Waals surface area (Å²) in [7, 11) is 0. The number of hydrogen-bond acceptors (Lipinski definition) is 3. The molecule has 0 saturated heterocycles. The lowest BCUT2D eigenvalue weighted by Gasteiger charge is -2.40. The predicted octanol–water partition coefficient (Wildman–Crippen LogP) is 2.81. The average molecular weight is 277 g/mol. The number of rotatable bonds is 4. The van der Waals surface area contributed by atoms with Gasteiger partial charge in [-0.2, -0.15) is 5.10 Å². The maximum absolute atomic E-state index is 10.6. The molecule has 0 amide bonds. The zero-order valence-electron chi connectivity index (χ0n) is 12.5. The third kappa shape index (κ3) is 2.90. The second kappa shape index (κ2) is 6.25. The Morgan fingerprint density at radius 2 is 2.05 bits per heavy atom. The quantitative estimate of drug-likeness (QED) is 0.920. The Bertz CT molecular complexity index is 431. The molecule has 1 heterocycles. The fourth-order valence-corrected chi connectivity index (χ4v) is 4.32. The van der Waals surface area contributed by atoms with Gasteiger partial charge in [0.1, 0.15) is 12.2 Å². The number of aryl methyl sites for hydroxylation is 1. The van der Waals surface area contributed by atoms with E-state index in [2.05, 4.69) is 17.0 Å². The summed E-state index contributed by atoms with van der Waals surface area (Å²) >= 11 is 0. The van der Waals surface area contributed by atoms with Crippen LogP contribution in [0.4, 0.5) is 0 Å². The number of aromatic nitrogens is 3. The van der Waals surface area contributed by atoms with Gasteiger partial charge in [0.2, 0.25) is 0 Å². The van der Waals surface area contributed by atoms with E-state index in [0.717, 1.165) is 24.2 Å². The van der Waals surface area contributed by atoms with Crippen LogP contribution in [0.2, 0.25) is 0 Å². The van der Waals surface area contributed by atoms with Gasteiger partial charge in [0, 0.05) is 13.0 Å². The highest BCUT2D eigenvalue weighted by Gasteiger charge is 2.35. The van der Waals surface area contributed by atoms with Gasteiger partial charge in [-0.25, -0.2) is 4.98 Å². The summed E-state index contributed by atoms with van der Waals surface area (Å²) < 4.78 is 1.90. The summed E-state index contributed by atoms with van der Waals surface area (Å²) in [5.74, 6) is 3.23. The minimum atomic E-state index is -0.243. The standard InChI is InChI=1S/C16H27N3O/c1-2-19-16(17-11-18-19)10-15(20)14-8-7-12-5-3-4-6-13(12)9-14/h11-15,20H,2-10H2,1H3. The number of aliphatic hydroxyl groups is 1. The van der Waals surface area contributed by atoms with Crippen LogP contribution in [-0.2, 0) is 13.0 Å². The fourth-order valence-electron chi connectivity index (χ4n) is 4.32. The smallest absolute Gasteiger partial charge is 0.138 e. The van der Waals surface area contributed by atoms with Gasteiger partial charge in [-0.3, -0.25) is 4.68 Å². The second-order valence-electron chi connectivity index (χ2n) is 6.64. The number of hydrogen-bond donors (Lipinski definition) is 1. The molecule has 2 aliphatic rings. The molecule has 1 N–H and O–H groups in total. The van der Waals surface area contributed by atoms with Crippen molar-refractivity contribution < 1.29 is 5.11 Å². The Morgan fingerprint density at radius 3 is 2.85 bits per heavy atom. The van der Waals surface area contributed by atoms with Gasteiger partial charge < -0.3 is 5.11 Å². The van der Waals surface area contributed by atoms with E-state index in [1.165, 1.54) is 44.9 Å². The van der Waals surface area contributed by atoms with Crippen molar-refractivity contribution in [3.05, 3.63) is 12.2 Å². The van der Waals surface area contributed by atoms with Gasteiger partial charge >= 0.3 is 0 Å². The third-order valence-electron chi connectivity index (χ3n) is 5.51. The van der Waals surface area contributed by atoms with Crippen molar-refractivity contribution in [3.8, 4) is 0 Å². The maximum atomic E-state index is 10.6. The van der Waals surface area contributed by atoms with Gasteiger partial charge in [-0.15, -0.1) is 0 Å². The molecule has 1 aromatic rings. The van der Waals surface area contributed by atoms with Gasteiger partial charge in [-0.05, 0) is 43.9 Å². The topological polar surface area (TPSA) is 50.9 Å². The molecule has 0 radical (unpaired) electrons. The lowest BCUT2D eigenvalue weighted by Crippen LogP contribution is -2.34. The van der Waals surface area contributed by atoms with Crippen LogP contribution >= 0.6 is 0 Å². The molecule has 0 bridgehead atoms.